The van der Waals surface area contributed by atoms with Crippen LogP contribution in [0, 0.1) is 0 Å². The van der Waals surface area contributed by atoms with Gasteiger partial charge in [0.25, 0.3) is 0 Å². The number of nitrogens with zero attached hydrogens (tertiary/aromatic N) is 3. The zero-order chi connectivity index (χ0) is 14.1. The topological polar surface area (TPSA) is 66.2 Å². The van der Waals surface area contributed by atoms with E-state index in [1.165, 1.54) is 7.11 Å². The molecule has 0 spiro atoms. The van der Waals surface area contributed by atoms with Crippen LogP contribution in [0.15, 0.2) is 24.5 Å². The van der Waals surface area contributed by atoms with Crippen molar-refractivity contribution < 1.29 is 14.3 Å². The Morgan fingerprint density at radius 2 is 2.15 bits per heavy atom. The van der Waals surface area contributed by atoms with Crippen molar-refractivity contribution in [3.8, 4) is 17.1 Å². The van der Waals surface area contributed by atoms with Gasteiger partial charge in [-0.15, -0.1) is 0 Å². The number of carbonyl (C=O) groups is 1. The summed E-state index contributed by atoms with van der Waals surface area (Å²) >= 11 is 0. The van der Waals surface area contributed by atoms with E-state index in [1.807, 2.05) is 4.68 Å². The van der Waals surface area contributed by atoms with E-state index >= 15 is 0 Å². The van der Waals surface area contributed by atoms with Crippen LogP contribution >= 0.6 is 0 Å². The second-order valence-electron chi connectivity index (χ2n) is 4.68. The molecule has 1 fully saturated rings. The van der Waals surface area contributed by atoms with Gasteiger partial charge in [-0.25, -0.2) is 14.5 Å². The lowest BCUT2D eigenvalue weighted by atomic mass is 10.1. The van der Waals surface area contributed by atoms with Gasteiger partial charge in [0.15, 0.2) is 5.82 Å². The maximum Gasteiger partial charge on any atom is 0.338 e. The van der Waals surface area contributed by atoms with Crippen LogP contribution < -0.4 is 4.74 Å². The molecule has 1 saturated carbocycles. The van der Waals surface area contributed by atoms with Crippen molar-refractivity contribution in [3.63, 3.8) is 0 Å². The van der Waals surface area contributed by atoms with E-state index < -0.39 is 5.97 Å². The molecule has 6 heteroatoms. The number of ether oxygens (including phenoxy) is 2. The third-order valence-electron chi connectivity index (χ3n) is 3.30. The highest BCUT2D eigenvalue weighted by atomic mass is 16.5. The number of hydrogen-bond donors (Lipinski definition) is 0. The van der Waals surface area contributed by atoms with Gasteiger partial charge in [-0.05, 0) is 31.0 Å². The van der Waals surface area contributed by atoms with Gasteiger partial charge in [-0.2, -0.15) is 5.10 Å². The maximum atomic E-state index is 11.8. The summed E-state index contributed by atoms with van der Waals surface area (Å²) in [5.41, 5.74) is 1.05. The normalized spacial score (nSPS) is 14.1. The molecule has 0 aliphatic heterocycles. The Morgan fingerprint density at radius 3 is 2.80 bits per heavy atom. The molecule has 1 aromatic heterocycles. The molecule has 20 heavy (non-hydrogen) atoms. The lowest BCUT2D eigenvalue weighted by Gasteiger charge is -2.07. The number of benzene rings is 1. The van der Waals surface area contributed by atoms with E-state index in [9.17, 15) is 4.79 Å². The van der Waals surface area contributed by atoms with Crippen molar-refractivity contribution in [1.29, 1.82) is 0 Å². The molecule has 104 valence electrons. The highest BCUT2D eigenvalue weighted by Crippen LogP contribution is 2.35. The van der Waals surface area contributed by atoms with Gasteiger partial charge in [-0.3, -0.25) is 0 Å². The summed E-state index contributed by atoms with van der Waals surface area (Å²) in [6.07, 6.45) is 3.96. The molecule has 0 saturated heterocycles. The van der Waals surface area contributed by atoms with Crippen LogP contribution in [0.25, 0.3) is 11.4 Å². The van der Waals surface area contributed by atoms with Gasteiger partial charge in [0.05, 0.1) is 25.8 Å². The average molecular weight is 273 g/mol. The molecular weight excluding hydrogens is 258 g/mol. The first-order chi connectivity index (χ1) is 9.72. The number of methoxy groups -OCH3 is 2. The maximum absolute atomic E-state index is 11.8. The highest BCUT2D eigenvalue weighted by molar-refractivity contribution is 5.96. The van der Waals surface area contributed by atoms with Crippen molar-refractivity contribution in [3.05, 3.63) is 30.1 Å². The predicted molar refractivity (Wildman–Crippen MR) is 71.6 cm³/mol. The first kappa shape index (κ1) is 12.7. The fourth-order valence-electron chi connectivity index (χ4n) is 2.04. The first-order valence-electron chi connectivity index (χ1n) is 6.41. The van der Waals surface area contributed by atoms with Crippen LogP contribution in [0.2, 0.25) is 0 Å². The van der Waals surface area contributed by atoms with E-state index in [4.69, 9.17) is 9.47 Å². The number of esters is 1. The molecule has 0 unspecified atom stereocenters. The molecule has 0 N–H and O–H groups in total. The first-order valence-corrected chi connectivity index (χ1v) is 6.41. The molecule has 6 nitrogen and oxygen atoms in total. The van der Waals surface area contributed by atoms with Crippen LogP contribution in [0.5, 0.6) is 5.75 Å². The number of aromatic nitrogens is 3. The minimum atomic E-state index is -0.412. The smallest absolute Gasteiger partial charge is 0.338 e. The second kappa shape index (κ2) is 4.96. The summed E-state index contributed by atoms with van der Waals surface area (Å²) in [6.45, 7) is 0. The Balaban J connectivity index is 2.05. The van der Waals surface area contributed by atoms with Crippen molar-refractivity contribution >= 4 is 5.97 Å². The number of carbonyl (C=O) groups excluding carboxylic acids is 1. The third-order valence-corrected chi connectivity index (χ3v) is 3.30. The standard InChI is InChI=1S/C14H15N3O3/c1-19-10-5-6-11(14(18)20-2)12(7-10)13-15-8-17(16-13)9-3-4-9/h5-9H,3-4H2,1-2H3. The minimum Gasteiger partial charge on any atom is -0.497 e. The minimum absolute atomic E-state index is 0.412. The Bertz CT molecular complexity index is 647. The lowest BCUT2D eigenvalue weighted by Crippen LogP contribution is -2.05. The number of rotatable bonds is 4. The molecule has 0 atom stereocenters. The van der Waals surface area contributed by atoms with Crippen molar-refractivity contribution in [2.24, 2.45) is 0 Å². The largest absolute Gasteiger partial charge is 0.497 e. The fraction of sp³-hybridized carbons (Fsp3) is 0.357. The summed E-state index contributed by atoms with van der Waals surface area (Å²) in [6, 6.07) is 5.58. The molecule has 0 bridgehead atoms. The Morgan fingerprint density at radius 1 is 1.35 bits per heavy atom. The van der Waals surface area contributed by atoms with Crippen LogP contribution in [0.3, 0.4) is 0 Å². The van der Waals surface area contributed by atoms with Crippen LogP contribution in [-0.2, 0) is 4.74 Å². The third kappa shape index (κ3) is 2.24. The molecule has 1 aliphatic carbocycles. The van der Waals surface area contributed by atoms with Crippen LogP contribution in [-0.4, -0.2) is 35.0 Å². The van der Waals surface area contributed by atoms with Gasteiger partial charge < -0.3 is 9.47 Å². The zero-order valence-corrected chi connectivity index (χ0v) is 11.4. The predicted octanol–water partition coefficient (Wildman–Crippen LogP) is 2.08. The van der Waals surface area contributed by atoms with Gasteiger partial charge in [-0.1, -0.05) is 0 Å². The van der Waals surface area contributed by atoms with E-state index in [-0.39, 0.29) is 0 Å². The van der Waals surface area contributed by atoms with Crippen molar-refractivity contribution in [2.75, 3.05) is 14.2 Å². The molecule has 3 rings (SSSR count). The Hall–Kier alpha value is -2.37. The summed E-state index contributed by atoms with van der Waals surface area (Å²) in [7, 11) is 2.93. The Kier molecular flexibility index (Phi) is 3.14. The van der Waals surface area contributed by atoms with Gasteiger partial charge in [0.2, 0.25) is 0 Å². The summed E-state index contributed by atoms with van der Waals surface area (Å²) in [5, 5.41) is 4.44. The molecule has 2 aromatic rings. The van der Waals surface area contributed by atoms with E-state index in [1.54, 1.807) is 31.6 Å². The Labute approximate surface area is 116 Å². The molecular formula is C14H15N3O3. The molecule has 0 radical (unpaired) electrons. The quantitative estimate of drug-likeness (QED) is 0.798. The molecule has 1 heterocycles. The second-order valence-corrected chi connectivity index (χ2v) is 4.68. The van der Waals surface area contributed by atoms with Crippen molar-refractivity contribution in [2.45, 2.75) is 18.9 Å². The summed E-state index contributed by atoms with van der Waals surface area (Å²) in [5.74, 6) is 0.747. The SMILES string of the molecule is COC(=O)c1ccc(OC)cc1-c1ncn(C2CC2)n1. The summed E-state index contributed by atoms with van der Waals surface area (Å²) < 4.78 is 11.8. The van der Waals surface area contributed by atoms with Gasteiger partial charge in [0.1, 0.15) is 12.1 Å². The van der Waals surface area contributed by atoms with Gasteiger partial charge >= 0.3 is 5.97 Å². The van der Waals surface area contributed by atoms with Crippen LogP contribution in [0.4, 0.5) is 0 Å². The van der Waals surface area contributed by atoms with Gasteiger partial charge in [0, 0.05) is 5.56 Å². The van der Waals surface area contributed by atoms with Crippen molar-refractivity contribution in [1.82, 2.24) is 14.8 Å². The monoisotopic (exact) mass is 273 g/mol. The zero-order valence-electron chi connectivity index (χ0n) is 11.4. The molecule has 0 amide bonds. The summed E-state index contributed by atoms with van der Waals surface area (Å²) in [4.78, 5) is 16.1. The molecule has 1 aliphatic rings. The van der Waals surface area contributed by atoms with Crippen LogP contribution in [0.1, 0.15) is 29.2 Å². The fourth-order valence-corrected chi connectivity index (χ4v) is 2.04. The molecule has 1 aromatic carbocycles. The lowest BCUT2D eigenvalue weighted by molar-refractivity contribution is 0.0601. The van der Waals surface area contributed by atoms with E-state index in [0.717, 1.165) is 12.8 Å². The average Bonchev–Trinajstić information content (AvgIpc) is 3.23. The highest BCUT2D eigenvalue weighted by Gasteiger charge is 2.26. The van der Waals surface area contributed by atoms with E-state index in [2.05, 4.69) is 10.1 Å². The van der Waals surface area contributed by atoms with E-state index in [0.29, 0.717) is 28.7 Å². The number of hydrogen-bond acceptors (Lipinski definition) is 5.